The highest BCUT2D eigenvalue weighted by Gasteiger charge is 2.12. The molecule has 2 aromatic carbocycles. The number of nitrogens with one attached hydrogen (secondary N) is 1. The predicted molar refractivity (Wildman–Crippen MR) is 73.2 cm³/mol. The molecule has 0 aromatic heterocycles. The van der Waals surface area contributed by atoms with E-state index in [1.165, 1.54) is 24.3 Å². The Balaban J connectivity index is 2.25. The molecule has 0 unspecified atom stereocenters. The molecule has 0 aliphatic rings. The van der Waals surface area contributed by atoms with Crippen molar-refractivity contribution in [2.45, 2.75) is 6.92 Å². The molecule has 5 heteroatoms. The van der Waals surface area contributed by atoms with Gasteiger partial charge in [-0.05, 0) is 53.2 Å². The predicted octanol–water partition coefficient (Wildman–Crippen LogP) is 4.29. The van der Waals surface area contributed by atoms with Crippen molar-refractivity contribution in [3.8, 4) is 0 Å². The Kier molecular flexibility index (Phi) is 3.95. The summed E-state index contributed by atoms with van der Waals surface area (Å²) in [6, 6.07) is 8.41. The summed E-state index contributed by atoms with van der Waals surface area (Å²) in [6.07, 6.45) is 0. The van der Waals surface area contributed by atoms with E-state index >= 15 is 0 Å². The first-order valence-electron chi connectivity index (χ1n) is 5.50. The van der Waals surface area contributed by atoms with Crippen LogP contribution in [0.5, 0.6) is 0 Å². The van der Waals surface area contributed by atoms with E-state index in [1.54, 1.807) is 13.0 Å². The van der Waals surface area contributed by atoms with Crippen molar-refractivity contribution in [2.24, 2.45) is 0 Å². The first kappa shape index (κ1) is 13.7. The maximum Gasteiger partial charge on any atom is 0.258 e. The van der Waals surface area contributed by atoms with Gasteiger partial charge in [0.1, 0.15) is 11.6 Å². The van der Waals surface area contributed by atoms with Gasteiger partial charge in [0, 0.05) is 5.69 Å². The highest BCUT2D eigenvalue weighted by molar-refractivity contribution is 9.10. The molecule has 0 atom stereocenters. The zero-order chi connectivity index (χ0) is 14.0. The molecular weight excluding hydrogens is 316 g/mol. The summed E-state index contributed by atoms with van der Waals surface area (Å²) in [6.45, 7) is 1.76. The first-order valence-corrected chi connectivity index (χ1v) is 6.29. The van der Waals surface area contributed by atoms with Crippen LogP contribution in [0.2, 0.25) is 0 Å². The van der Waals surface area contributed by atoms with Gasteiger partial charge < -0.3 is 5.32 Å². The van der Waals surface area contributed by atoms with Crippen LogP contribution in [0.25, 0.3) is 0 Å². The molecule has 0 spiro atoms. The number of aryl methyl sites for hydroxylation is 1. The lowest BCUT2D eigenvalue weighted by Crippen LogP contribution is -2.14. The van der Waals surface area contributed by atoms with Crippen molar-refractivity contribution < 1.29 is 13.6 Å². The summed E-state index contributed by atoms with van der Waals surface area (Å²) >= 11 is 3.01. The van der Waals surface area contributed by atoms with E-state index in [0.717, 1.165) is 11.6 Å². The fourth-order valence-electron chi connectivity index (χ4n) is 1.59. The Morgan fingerprint density at radius 1 is 1.11 bits per heavy atom. The average molecular weight is 326 g/mol. The molecule has 0 aliphatic heterocycles. The SMILES string of the molecule is Cc1ccc(F)c(C(=O)Nc2ccc(Br)c(F)c2)c1. The molecule has 0 fully saturated rings. The second-order valence-corrected chi connectivity index (χ2v) is 4.92. The Hall–Kier alpha value is -1.75. The van der Waals surface area contributed by atoms with Gasteiger partial charge in [-0.15, -0.1) is 0 Å². The van der Waals surface area contributed by atoms with Gasteiger partial charge in [-0.1, -0.05) is 11.6 Å². The number of rotatable bonds is 2. The summed E-state index contributed by atoms with van der Waals surface area (Å²) in [4.78, 5) is 11.9. The topological polar surface area (TPSA) is 29.1 Å². The number of hydrogen-bond acceptors (Lipinski definition) is 1. The molecule has 2 aromatic rings. The Morgan fingerprint density at radius 3 is 2.53 bits per heavy atom. The number of carbonyl (C=O) groups is 1. The number of halogens is 3. The fraction of sp³-hybridized carbons (Fsp3) is 0.0714. The van der Waals surface area contributed by atoms with E-state index < -0.39 is 17.5 Å². The lowest BCUT2D eigenvalue weighted by atomic mass is 10.1. The second kappa shape index (κ2) is 5.48. The molecule has 0 saturated carbocycles. The van der Waals surface area contributed by atoms with Gasteiger partial charge in [0.15, 0.2) is 0 Å². The summed E-state index contributed by atoms with van der Waals surface area (Å²) in [5, 5.41) is 2.45. The number of benzene rings is 2. The van der Waals surface area contributed by atoms with Crippen molar-refractivity contribution in [1.29, 1.82) is 0 Å². The lowest BCUT2D eigenvalue weighted by Gasteiger charge is -2.07. The van der Waals surface area contributed by atoms with Crippen molar-refractivity contribution in [2.75, 3.05) is 5.32 Å². The average Bonchev–Trinajstić information content (AvgIpc) is 2.36. The lowest BCUT2D eigenvalue weighted by molar-refractivity contribution is 0.102. The first-order chi connectivity index (χ1) is 8.97. The standard InChI is InChI=1S/C14H10BrF2NO/c1-8-2-5-12(16)10(6-8)14(19)18-9-3-4-11(15)13(17)7-9/h2-7H,1H3,(H,18,19). The largest absolute Gasteiger partial charge is 0.322 e. The molecular formula is C14H10BrF2NO. The molecule has 0 heterocycles. The van der Waals surface area contributed by atoms with Crippen LogP contribution in [0.3, 0.4) is 0 Å². The van der Waals surface area contributed by atoms with Crippen LogP contribution in [0.4, 0.5) is 14.5 Å². The van der Waals surface area contributed by atoms with Crippen LogP contribution < -0.4 is 5.32 Å². The molecule has 1 N–H and O–H groups in total. The zero-order valence-electron chi connectivity index (χ0n) is 10.0. The van der Waals surface area contributed by atoms with Gasteiger partial charge in [0.05, 0.1) is 10.0 Å². The molecule has 19 heavy (non-hydrogen) atoms. The van der Waals surface area contributed by atoms with Crippen LogP contribution in [0.15, 0.2) is 40.9 Å². The van der Waals surface area contributed by atoms with Crippen LogP contribution in [-0.4, -0.2) is 5.91 Å². The van der Waals surface area contributed by atoms with E-state index in [0.29, 0.717) is 4.47 Å². The number of carbonyl (C=O) groups excluding carboxylic acids is 1. The molecule has 0 radical (unpaired) electrons. The molecule has 2 nitrogen and oxygen atoms in total. The van der Waals surface area contributed by atoms with Gasteiger partial charge in [0.25, 0.3) is 5.91 Å². The summed E-state index contributed by atoms with van der Waals surface area (Å²) in [5.74, 6) is -1.72. The van der Waals surface area contributed by atoms with Gasteiger partial charge in [-0.2, -0.15) is 0 Å². The number of amides is 1. The third kappa shape index (κ3) is 3.17. The Morgan fingerprint density at radius 2 is 1.84 bits per heavy atom. The van der Waals surface area contributed by atoms with Crippen LogP contribution in [-0.2, 0) is 0 Å². The van der Waals surface area contributed by atoms with Gasteiger partial charge in [0.2, 0.25) is 0 Å². The molecule has 0 aliphatic carbocycles. The summed E-state index contributed by atoms with van der Waals surface area (Å²) < 4.78 is 27.1. The minimum Gasteiger partial charge on any atom is -0.322 e. The van der Waals surface area contributed by atoms with Crippen molar-refractivity contribution >= 4 is 27.5 Å². The normalized spacial score (nSPS) is 10.3. The molecule has 0 bridgehead atoms. The second-order valence-electron chi connectivity index (χ2n) is 4.07. The molecule has 2 rings (SSSR count). The van der Waals surface area contributed by atoms with E-state index in [-0.39, 0.29) is 11.3 Å². The molecule has 1 amide bonds. The monoisotopic (exact) mass is 325 g/mol. The van der Waals surface area contributed by atoms with Crippen LogP contribution in [0.1, 0.15) is 15.9 Å². The smallest absolute Gasteiger partial charge is 0.258 e. The van der Waals surface area contributed by atoms with Gasteiger partial charge in [-0.3, -0.25) is 4.79 Å². The third-order valence-electron chi connectivity index (χ3n) is 2.54. The minimum atomic E-state index is -0.610. The quantitative estimate of drug-likeness (QED) is 0.876. The zero-order valence-corrected chi connectivity index (χ0v) is 11.6. The van der Waals surface area contributed by atoms with E-state index in [1.807, 2.05) is 0 Å². The number of hydrogen-bond donors (Lipinski definition) is 1. The summed E-state index contributed by atoms with van der Waals surface area (Å²) in [5.41, 5.74) is 0.975. The van der Waals surface area contributed by atoms with E-state index in [2.05, 4.69) is 21.2 Å². The third-order valence-corrected chi connectivity index (χ3v) is 3.19. The highest BCUT2D eigenvalue weighted by Crippen LogP contribution is 2.20. The van der Waals surface area contributed by atoms with Crippen molar-refractivity contribution in [1.82, 2.24) is 0 Å². The summed E-state index contributed by atoms with van der Waals surface area (Å²) in [7, 11) is 0. The van der Waals surface area contributed by atoms with E-state index in [9.17, 15) is 13.6 Å². The number of anilines is 1. The Bertz CT molecular complexity index is 643. The van der Waals surface area contributed by atoms with Gasteiger partial charge >= 0.3 is 0 Å². The maximum absolute atomic E-state index is 13.5. The van der Waals surface area contributed by atoms with Crippen molar-refractivity contribution in [3.63, 3.8) is 0 Å². The minimum absolute atomic E-state index is 0.0664. The van der Waals surface area contributed by atoms with Crippen molar-refractivity contribution in [3.05, 3.63) is 63.6 Å². The highest BCUT2D eigenvalue weighted by atomic mass is 79.9. The maximum atomic E-state index is 13.5. The van der Waals surface area contributed by atoms with Crippen LogP contribution >= 0.6 is 15.9 Å². The molecule has 98 valence electrons. The Labute approximate surface area is 117 Å². The fourth-order valence-corrected chi connectivity index (χ4v) is 1.83. The van der Waals surface area contributed by atoms with Crippen LogP contribution in [0, 0.1) is 18.6 Å². The molecule has 0 saturated heterocycles. The van der Waals surface area contributed by atoms with E-state index in [4.69, 9.17) is 0 Å². The van der Waals surface area contributed by atoms with Gasteiger partial charge in [-0.25, -0.2) is 8.78 Å².